The van der Waals surface area contributed by atoms with Crippen molar-refractivity contribution in [3.05, 3.63) is 23.8 Å². The highest BCUT2D eigenvalue weighted by Gasteiger charge is 2.44. The zero-order valence-electron chi connectivity index (χ0n) is 10.2. The van der Waals surface area contributed by atoms with E-state index in [0.29, 0.717) is 24.6 Å². The monoisotopic (exact) mass is 234 g/mol. The van der Waals surface area contributed by atoms with E-state index >= 15 is 0 Å². The summed E-state index contributed by atoms with van der Waals surface area (Å²) >= 11 is 0. The Morgan fingerprint density at radius 2 is 2.24 bits per heavy atom. The van der Waals surface area contributed by atoms with E-state index in [1.807, 2.05) is 26.0 Å². The van der Waals surface area contributed by atoms with Gasteiger partial charge in [0.2, 0.25) is 5.91 Å². The highest BCUT2D eigenvalue weighted by Crippen LogP contribution is 2.33. The van der Waals surface area contributed by atoms with Gasteiger partial charge in [-0.15, -0.1) is 0 Å². The molecule has 1 aromatic carbocycles. The van der Waals surface area contributed by atoms with Crippen LogP contribution < -0.4 is 11.1 Å². The van der Waals surface area contributed by atoms with Crippen LogP contribution in [-0.2, 0) is 9.53 Å². The third-order valence-electron chi connectivity index (χ3n) is 3.37. The zero-order chi connectivity index (χ0) is 12.5. The van der Waals surface area contributed by atoms with Gasteiger partial charge in [0.05, 0.1) is 30.0 Å². The fourth-order valence-corrected chi connectivity index (χ4v) is 1.88. The van der Waals surface area contributed by atoms with Gasteiger partial charge in [0, 0.05) is 0 Å². The summed E-state index contributed by atoms with van der Waals surface area (Å²) in [6.45, 7) is 4.97. The lowest BCUT2D eigenvalue weighted by Gasteiger charge is -2.39. The molecule has 1 aliphatic heterocycles. The second kappa shape index (κ2) is 4.37. The molecule has 0 aliphatic carbocycles. The van der Waals surface area contributed by atoms with Crippen molar-refractivity contribution in [2.45, 2.75) is 20.3 Å². The van der Waals surface area contributed by atoms with E-state index in [2.05, 4.69) is 5.32 Å². The summed E-state index contributed by atoms with van der Waals surface area (Å²) in [4.78, 5) is 12.2. The maximum atomic E-state index is 12.2. The topological polar surface area (TPSA) is 64.4 Å². The minimum atomic E-state index is -0.365. The Bertz CT molecular complexity index is 434. The number of carbonyl (C=O) groups excluding carboxylic acids is 1. The second-order valence-corrected chi connectivity index (χ2v) is 4.67. The number of nitrogens with one attached hydrogen (secondary N) is 1. The highest BCUT2D eigenvalue weighted by atomic mass is 16.5. The molecule has 92 valence electrons. The van der Waals surface area contributed by atoms with Crippen LogP contribution in [0.5, 0.6) is 0 Å². The third-order valence-corrected chi connectivity index (χ3v) is 3.37. The van der Waals surface area contributed by atoms with Crippen LogP contribution in [0.15, 0.2) is 18.2 Å². The van der Waals surface area contributed by atoms with Crippen molar-refractivity contribution < 1.29 is 9.53 Å². The Kier molecular flexibility index (Phi) is 3.07. The Balaban J connectivity index is 2.15. The van der Waals surface area contributed by atoms with E-state index in [1.54, 1.807) is 6.07 Å². The van der Waals surface area contributed by atoms with Crippen molar-refractivity contribution in [2.24, 2.45) is 5.41 Å². The summed E-state index contributed by atoms with van der Waals surface area (Å²) in [7, 11) is 0. The molecule has 0 aromatic heterocycles. The number of anilines is 2. The normalized spacial score (nSPS) is 17.3. The van der Waals surface area contributed by atoms with E-state index in [-0.39, 0.29) is 11.3 Å². The molecule has 3 N–H and O–H groups in total. The number of ether oxygens (including phenoxy) is 1. The SMILES string of the molecule is CCC1(C(=O)Nc2cc(C)ccc2N)COC1. The highest BCUT2D eigenvalue weighted by molar-refractivity contribution is 5.98. The summed E-state index contributed by atoms with van der Waals surface area (Å²) in [5.41, 5.74) is 7.83. The second-order valence-electron chi connectivity index (χ2n) is 4.67. The Hall–Kier alpha value is -1.55. The first-order chi connectivity index (χ1) is 8.07. The van der Waals surface area contributed by atoms with Crippen LogP contribution in [-0.4, -0.2) is 19.1 Å². The van der Waals surface area contributed by atoms with Crippen molar-refractivity contribution >= 4 is 17.3 Å². The average molecular weight is 234 g/mol. The van der Waals surface area contributed by atoms with Gasteiger partial charge in [-0.25, -0.2) is 0 Å². The van der Waals surface area contributed by atoms with Crippen molar-refractivity contribution in [1.82, 2.24) is 0 Å². The number of amides is 1. The molecule has 1 saturated heterocycles. The molecule has 0 saturated carbocycles. The van der Waals surface area contributed by atoms with Crippen LogP contribution in [0, 0.1) is 12.3 Å². The zero-order valence-corrected chi connectivity index (χ0v) is 10.2. The molecular weight excluding hydrogens is 216 g/mol. The van der Waals surface area contributed by atoms with Gasteiger partial charge in [0.25, 0.3) is 0 Å². The van der Waals surface area contributed by atoms with Crippen molar-refractivity contribution in [2.75, 3.05) is 24.3 Å². The van der Waals surface area contributed by atoms with Crippen LogP contribution in [0.2, 0.25) is 0 Å². The lowest BCUT2D eigenvalue weighted by atomic mass is 9.82. The Morgan fingerprint density at radius 3 is 2.76 bits per heavy atom. The minimum absolute atomic E-state index is 0.00329. The van der Waals surface area contributed by atoms with Gasteiger partial charge >= 0.3 is 0 Å². The smallest absolute Gasteiger partial charge is 0.235 e. The Morgan fingerprint density at radius 1 is 1.53 bits per heavy atom. The van der Waals surface area contributed by atoms with Gasteiger partial charge in [0.1, 0.15) is 0 Å². The Labute approximate surface area is 101 Å². The first-order valence-corrected chi connectivity index (χ1v) is 5.83. The van der Waals surface area contributed by atoms with Crippen molar-refractivity contribution in [3.63, 3.8) is 0 Å². The number of benzene rings is 1. The molecule has 1 aliphatic rings. The summed E-state index contributed by atoms with van der Waals surface area (Å²) in [6, 6.07) is 5.62. The van der Waals surface area contributed by atoms with E-state index in [1.165, 1.54) is 0 Å². The van der Waals surface area contributed by atoms with Crippen LogP contribution in [0.3, 0.4) is 0 Å². The molecule has 4 nitrogen and oxygen atoms in total. The molecule has 0 radical (unpaired) electrons. The van der Waals surface area contributed by atoms with Gasteiger partial charge in [-0.1, -0.05) is 13.0 Å². The standard InChI is InChI=1S/C13H18N2O2/c1-3-13(7-17-8-13)12(16)15-11-6-9(2)4-5-10(11)14/h4-6H,3,7-8,14H2,1-2H3,(H,15,16). The average Bonchev–Trinajstić information content (AvgIpc) is 2.23. The molecule has 1 heterocycles. The van der Waals surface area contributed by atoms with E-state index in [0.717, 1.165) is 12.0 Å². The molecule has 1 amide bonds. The number of nitrogen functional groups attached to an aromatic ring is 1. The molecule has 4 heteroatoms. The number of rotatable bonds is 3. The number of hydrogen-bond donors (Lipinski definition) is 2. The maximum absolute atomic E-state index is 12.2. The van der Waals surface area contributed by atoms with Crippen LogP contribution >= 0.6 is 0 Å². The van der Waals surface area contributed by atoms with Crippen molar-refractivity contribution in [1.29, 1.82) is 0 Å². The largest absolute Gasteiger partial charge is 0.397 e. The predicted molar refractivity (Wildman–Crippen MR) is 67.8 cm³/mol. The first-order valence-electron chi connectivity index (χ1n) is 5.83. The molecule has 2 rings (SSSR count). The number of nitrogens with two attached hydrogens (primary N) is 1. The number of carbonyl (C=O) groups is 1. The maximum Gasteiger partial charge on any atom is 0.235 e. The number of hydrogen-bond acceptors (Lipinski definition) is 3. The molecule has 0 bridgehead atoms. The fraction of sp³-hybridized carbons (Fsp3) is 0.462. The van der Waals surface area contributed by atoms with E-state index in [9.17, 15) is 4.79 Å². The molecule has 0 atom stereocenters. The minimum Gasteiger partial charge on any atom is -0.397 e. The number of aryl methyl sites for hydroxylation is 1. The molecule has 0 unspecified atom stereocenters. The predicted octanol–water partition coefficient (Wildman–Crippen LogP) is 1.94. The van der Waals surface area contributed by atoms with Gasteiger partial charge in [-0.05, 0) is 31.0 Å². The molecule has 17 heavy (non-hydrogen) atoms. The fourth-order valence-electron chi connectivity index (χ4n) is 1.88. The summed E-state index contributed by atoms with van der Waals surface area (Å²) in [5.74, 6) is 0.00329. The van der Waals surface area contributed by atoms with Gasteiger partial charge in [-0.3, -0.25) is 4.79 Å². The lowest BCUT2D eigenvalue weighted by molar-refractivity contribution is -0.156. The summed E-state index contributed by atoms with van der Waals surface area (Å²) in [5, 5.41) is 2.90. The summed E-state index contributed by atoms with van der Waals surface area (Å²) < 4.78 is 5.15. The first kappa shape index (κ1) is 11.9. The van der Waals surface area contributed by atoms with E-state index < -0.39 is 0 Å². The third kappa shape index (κ3) is 2.13. The molecule has 1 aromatic rings. The van der Waals surface area contributed by atoms with Gasteiger partial charge in [0.15, 0.2) is 0 Å². The van der Waals surface area contributed by atoms with Crippen molar-refractivity contribution in [3.8, 4) is 0 Å². The molecular formula is C13H18N2O2. The van der Waals surface area contributed by atoms with Crippen LogP contribution in [0.1, 0.15) is 18.9 Å². The van der Waals surface area contributed by atoms with Gasteiger partial charge < -0.3 is 15.8 Å². The van der Waals surface area contributed by atoms with Crippen LogP contribution in [0.4, 0.5) is 11.4 Å². The quantitative estimate of drug-likeness (QED) is 0.785. The van der Waals surface area contributed by atoms with Gasteiger partial charge in [-0.2, -0.15) is 0 Å². The molecule has 0 spiro atoms. The lowest BCUT2D eigenvalue weighted by Crippen LogP contribution is -2.51. The molecule has 1 fully saturated rings. The summed E-state index contributed by atoms with van der Waals surface area (Å²) in [6.07, 6.45) is 0.782. The van der Waals surface area contributed by atoms with E-state index in [4.69, 9.17) is 10.5 Å². The van der Waals surface area contributed by atoms with Crippen LogP contribution in [0.25, 0.3) is 0 Å².